The molecule has 1 heterocycles. The number of hydrogen-bond acceptors (Lipinski definition) is 3. The van der Waals surface area contributed by atoms with Crippen molar-refractivity contribution in [1.82, 2.24) is 10.2 Å². The lowest BCUT2D eigenvalue weighted by atomic mass is 10.0. The molecule has 0 unspecified atom stereocenters. The first-order valence-corrected chi connectivity index (χ1v) is 6.68. The number of benzene rings is 2. The summed E-state index contributed by atoms with van der Waals surface area (Å²) < 4.78 is 0. The summed E-state index contributed by atoms with van der Waals surface area (Å²) >= 11 is 0. The van der Waals surface area contributed by atoms with Gasteiger partial charge in [-0.3, -0.25) is 9.89 Å². The van der Waals surface area contributed by atoms with Gasteiger partial charge in [0.25, 0.3) is 0 Å². The van der Waals surface area contributed by atoms with Crippen molar-refractivity contribution >= 4 is 22.5 Å². The van der Waals surface area contributed by atoms with Crippen LogP contribution < -0.4 is 5.32 Å². The summed E-state index contributed by atoms with van der Waals surface area (Å²) in [6, 6.07) is 15.5. The van der Waals surface area contributed by atoms with E-state index in [4.69, 9.17) is 5.11 Å². The number of aromatic amines is 1. The van der Waals surface area contributed by atoms with Crippen LogP contribution in [0.2, 0.25) is 0 Å². The molecule has 5 heteroatoms. The van der Waals surface area contributed by atoms with Crippen molar-refractivity contribution in [2.75, 3.05) is 5.32 Å². The Balaban J connectivity index is 1.77. The summed E-state index contributed by atoms with van der Waals surface area (Å²) in [7, 11) is 0. The molecule has 3 aromatic rings. The SMILES string of the molecule is O=C(Cc1cccc2ccccc12)Nc1cc(CO)[nH]n1. The number of hydrogen-bond donors (Lipinski definition) is 3. The van der Waals surface area contributed by atoms with Crippen LogP contribution in [-0.4, -0.2) is 21.2 Å². The van der Waals surface area contributed by atoms with Gasteiger partial charge in [0.2, 0.25) is 5.91 Å². The molecular formula is C16H15N3O2. The normalized spacial score (nSPS) is 10.7. The van der Waals surface area contributed by atoms with E-state index in [0.29, 0.717) is 11.5 Å². The zero-order valence-electron chi connectivity index (χ0n) is 11.3. The van der Waals surface area contributed by atoms with Gasteiger partial charge in [0.05, 0.1) is 18.7 Å². The molecule has 0 fully saturated rings. The van der Waals surface area contributed by atoms with Gasteiger partial charge < -0.3 is 10.4 Å². The van der Waals surface area contributed by atoms with Crippen LogP contribution in [0.1, 0.15) is 11.3 Å². The van der Waals surface area contributed by atoms with Gasteiger partial charge in [-0.25, -0.2) is 0 Å². The van der Waals surface area contributed by atoms with Crippen molar-refractivity contribution in [2.24, 2.45) is 0 Å². The highest BCUT2D eigenvalue weighted by atomic mass is 16.3. The van der Waals surface area contributed by atoms with Crippen molar-refractivity contribution in [1.29, 1.82) is 0 Å². The van der Waals surface area contributed by atoms with Gasteiger partial charge in [-0.15, -0.1) is 0 Å². The van der Waals surface area contributed by atoms with E-state index in [1.807, 2.05) is 42.5 Å². The second-order valence-electron chi connectivity index (χ2n) is 4.80. The van der Waals surface area contributed by atoms with Gasteiger partial charge >= 0.3 is 0 Å². The number of nitrogens with one attached hydrogen (secondary N) is 2. The van der Waals surface area contributed by atoms with E-state index in [1.54, 1.807) is 6.07 Å². The first kappa shape index (κ1) is 13.3. The van der Waals surface area contributed by atoms with Crippen LogP contribution in [0.4, 0.5) is 5.82 Å². The number of H-pyrrole nitrogens is 1. The van der Waals surface area contributed by atoms with E-state index < -0.39 is 0 Å². The molecule has 1 amide bonds. The molecule has 0 spiro atoms. The van der Waals surface area contributed by atoms with E-state index in [0.717, 1.165) is 16.3 Å². The van der Waals surface area contributed by atoms with Crippen molar-refractivity contribution in [3.63, 3.8) is 0 Å². The number of aliphatic hydroxyl groups is 1. The summed E-state index contributed by atoms with van der Waals surface area (Å²) in [5, 5.41) is 20.4. The predicted octanol–water partition coefficient (Wildman–Crippen LogP) is 2.24. The molecule has 106 valence electrons. The third kappa shape index (κ3) is 2.93. The first-order valence-electron chi connectivity index (χ1n) is 6.68. The summed E-state index contributed by atoms with van der Waals surface area (Å²) in [4.78, 5) is 12.1. The lowest BCUT2D eigenvalue weighted by Crippen LogP contribution is -2.14. The largest absolute Gasteiger partial charge is 0.390 e. The second kappa shape index (κ2) is 5.76. The Morgan fingerprint density at radius 1 is 1.19 bits per heavy atom. The molecule has 0 radical (unpaired) electrons. The number of rotatable bonds is 4. The molecule has 0 aliphatic heterocycles. The number of carbonyl (C=O) groups is 1. The smallest absolute Gasteiger partial charge is 0.230 e. The third-order valence-corrected chi connectivity index (χ3v) is 3.30. The molecule has 0 atom stereocenters. The summed E-state index contributed by atoms with van der Waals surface area (Å²) in [6.07, 6.45) is 0.280. The van der Waals surface area contributed by atoms with Crippen molar-refractivity contribution < 1.29 is 9.90 Å². The minimum absolute atomic E-state index is 0.133. The Bertz CT molecular complexity index is 775. The quantitative estimate of drug-likeness (QED) is 0.686. The molecule has 0 saturated carbocycles. The van der Waals surface area contributed by atoms with Gasteiger partial charge in [0.1, 0.15) is 0 Å². The summed E-state index contributed by atoms with van der Waals surface area (Å²) in [6.45, 7) is -0.133. The number of fused-ring (bicyclic) bond motifs is 1. The summed E-state index contributed by atoms with van der Waals surface area (Å²) in [5.74, 6) is 0.284. The average molecular weight is 281 g/mol. The monoisotopic (exact) mass is 281 g/mol. The van der Waals surface area contributed by atoms with E-state index in [1.165, 1.54) is 0 Å². The molecular weight excluding hydrogens is 266 g/mol. The molecule has 0 aliphatic rings. The lowest BCUT2D eigenvalue weighted by molar-refractivity contribution is -0.115. The Labute approximate surface area is 121 Å². The zero-order valence-corrected chi connectivity index (χ0v) is 11.3. The van der Waals surface area contributed by atoms with Gasteiger partial charge in [0.15, 0.2) is 5.82 Å². The molecule has 0 saturated heterocycles. The van der Waals surface area contributed by atoms with Gasteiger partial charge in [-0.05, 0) is 16.3 Å². The number of anilines is 1. The van der Waals surface area contributed by atoms with Crippen LogP contribution in [0.3, 0.4) is 0 Å². The highest BCUT2D eigenvalue weighted by Crippen LogP contribution is 2.19. The van der Waals surface area contributed by atoms with Crippen LogP contribution in [-0.2, 0) is 17.8 Å². The van der Waals surface area contributed by atoms with Gasteiger partial charge in [-0.2, -0.15) is 5.10 Å². The molecule has 3 rings (SSSR count). The van der Waals surface area contributed by atoms with Gasteiger partial charge in [0, 0.05) is 6.07 Å². The molecule has 0 aliphatic carbocycles. The number of aromatic nitrogens is 2. The van der Waals surface area contributed by atoms with Crippen LogP contribution >= 0.6 is 0 Å². The second-order valence-corrected chi connectivity index (χ2v) is 4.80. The maximum absolute atomic E-state index is 12.1. The van der Waals surface area contributed by atoms with Crippen LogP contribution in [0.25, 0.3) is 10.8 Å². The topological polar surface area (TPSA) is 78.0 Å². The number of carbonyl (C=O) groups excluding carboxylic acids is 1. The number of nitrogens with zero attached hydrogens (tertiary/aromatic N) is 1. The van der Waals surface area contributed by atoms with Crippen molar-refractivity contribution in [3.8, 4) is 0 Å². The maximum atomic E-state index is 12.1. The summed E-state index contributed by atoms with van der Waals surface area (Å²) in [5.41, 5.74) is 1.54. The van der Waals surface area contributed by atoms with Crippen LogP contribution in [0.15, 0.2) is 48.5 Å². The Hall–Kier alpha value is -2.66. The minimum atomic E-state index is -0.137. The Morgan fingerprint density at radius 3 is 2.81 bits per heavy atom. The van der Waals surface area contributed by atoms with Gasteiger partial charge in [-0.1, -0.05) is 42.5 Å². The molecule has 0 bridgehead atoms. The number of aliphatic hydroxyl groups excluding tert-OH is 1. The highest BCUT2D eigenvalue weighted by molar-refractivity contribution is 5.95. The lowest BCUT2D eigenvalue weighted by Gasteiger charge is -2.06. The fourth-order valence-electron chi connectivity index (χ4n) is 2.31. The standard InChI is InChI=1S/C16H15N3O2/c20-10-13-9-15(19-18-13)17-16(21)8-12-6-3-5-11-4-1-2-7-14(11)12/h1-7,9,20H,8,10H2,(H2,17,18,19,21). The predicted molar refractivity (Wildman–Crippen MR) is 80.8 cm³/mol. The fourth-order valence-corrected chi connectivity index (χ4v) is 2.31. The molecule has 1 aromatic heterocycles. The minimum Gasteiger partial charge on any atom is -0.390 e. The third-order valence-electron chi connectivity index (χ3n) is 3.30. The molecule has 2 aromatic carbocycles. The fraction of sp³-hybridized carbons (Fsp3) is 0.125. The Kier molecular flexibility index (Phi) is 3.66. The average Bonchev–Trinajstić information content (AvgIpc) is 2.95. The first-order chi connectivity index (χ1) is 10.3. The van der Waals surface area contributed by atoms with E-state index in [9.17, 15) is 4.79 Å². The molecule has 5 nitrogen and oxygen atoms in total. The van der Waals surface area contributed by atoms with Crippen molar-refractivity contribution in [3.05, 3.63) is 59.8 Å². The number of amides is 1. The van der Waals surface area contributed by atoms with E-state index in [-0.39, 0.29) is 18.9 Å². The maximum Gasteiger partial charge on any atom is 0.230 e. The van der Waals surface area contributed by atoms with E-state index >= 15 is 0 Å². The van der Waals surface area contributed by atoms with Crippen LogP contribution in [0, 0.1) is 0 Å². The van der Waals surface area contributed by atoms with Crippen molar-refractivity contribution in [2.45, 2.75) is 13.0 Å². The molecule has 3 N–H and O–H groups in total. The van der Waals surface area contributed by atoms with Crippen LogP contribution in [0.5, 0.6) is 0 Å². The zero-order chi connectivity index (χ0) is 14.7. The Morgan fingerprint density at radius 2 is 2.00 bits per heavy atom. The molecule has 21 heavy (non-hydrogen) atoms. The highest BCUT2D eigenvalue weighted by Gasteiger charge is 2.09. The van der Waals surface area contributed by atoms with E-state index in [2.05, 4.69) is 15.5 Å².